The number of thiol groups is 1. The Hall–Kier alpha value is -2.29. The van der Waals surface area contributed by atoms with Crippen LogP contribution >= 0.6 is 0 Å². The molecule has 0 unspecified atom stereocenters. The minimum absolute atomic E-state index is 0.133. The van der Waals surface area contributed by atoms with E-state index in [-0.39, 0.29) is 18.0 Å². The van der Waals surface area contributed by atoms with Gasteiger partial charge in [0.1, 0.15) is 0 Å². The first-order valence-electron chi connectivity index (χ1n) is 10.7. The average molecular weight is 438 g/mol. The maximum Gasteiger partial charge on any atom is 0.409 e. The highest BCUT2D eigenvalue weighted by molar-refractivity contribution is 7.73. The number of anilines is 1. The first kappa shape index (κ1) is 22.4. The molecule has 30 heavy (non-hydrogen) atoms. The van der Waals surface area contributed by atoms with Crippen molar-refractivity contribution in [2.24, 2.45) is 5.92 Å². The fourth-order valence-electron chi connectivity index (χ4n) is 4.26. The molecule has 0 spiro atoms. The first-order chi connectivity index (χ1) is 14.4. The number of hydrogen-bond donors (Lipinski definition) is 2. The molecule has 9 heteroatoms. The summed E-state index contributed by atoms with van der Waals surface area (Å²) in [5.41, 5.74) is 0.897. The normalized spacial score (nSPS) is 20.3. The molecule has 1 saturated carbocycles. The lowest BCUT2D eigenvalue weighted by Gasteiger charge is -2.39. The van der Waals surface area contributed by atoms with E-state index >= 15 is 0 Å². The maximum absolute atomic E-state index is 12.8. The molecule has 1 aliphatic heterocycles. The van der Waals surface area contributed by atoms with E-state index in [1.54, 1.807) is 34.1 Å². The Balaban J connectivity index is 1.46. The van der Waals surface area contributed by atoms with Crippen molar-refractivity contribution in [1.29, 1.82) is 0 Å². The fraction of sp³-hybridized carbons (Fsp3) is 0.619. The highest BCUT2D eigenvalue weighted by Gasteiger charge is 2.31. The summed E-state index contributed by atoms with van der Waals surface area (Å²) in [6.07, 6.45) is 6.99. The third-order valence-electron chi connectivity index (χ3n) is 5.98. The van der Waals surface area contributed by atoms with Crippen LogP contribution in [0, 0.1) is 5.92 Å². The van der Waals surface area contributed by atoms with Crippen LogP contribution in [0.1, 0.15) is 55.8 Å². The Morgan fingerprint density at radius 3 is 2.43 bits per heavy atom. The second kappa shape index (κ2) is 10.7. The number of benzene rings is 1. The number of rotatable bonds is 6. The lowest BCUT2D eigenvalue weighted by molar-refractivity contribution is 0.0398. The second-order valence-corrected chi connectivity index (χ2v) is 8.88. The number of piperazine rings is 1. The average Bonchev–Trinajstić information content (AvgIpc) is 2.74. The van der Waals surface area contributed by atoms with E-state index < -0.39 is 10.9 Å². The molecule has 1 aliphatic carbocycles. The summed E-state index contributed by atoms with van der Waals surface area (Å²) in [6.45, 7) is 3.69. The Labute approximate surface area is 179 Å². The number of hydrogen-bond acceptors (Lipinski definition) is 5. The van der Waals surface area contributed by atoms with E-state index in [4.69, 9.17) is 4.74 Å². The zero-order chi connectivity index (χ0) is 21.5. The second-order valence-electron chi connectivity index (χ2n) is 8.15. The van der Waals surface area contributed by atoms with Gasteiger partial charge in [0.05, 0.1) is 6.61 Å². The van der Waals surface area contributed by atoms with Gasteiger partial charge in [-0.3, -0.25) is 9.52 Å². The standard InChI is InChI=1S/C21H31N3O5S/c1-16-15-23(21(26)29-14-11-17-5-3-2-4-6-17)12-13-24(16)20(25)18-7-9-19(10-8-18)22-30(27)28/h7-10,16-17,30H,2-6,11-15H2,1H3,(H,22,27,28)/t16-/m1/s1. The lowest BCUT2D eigenvalue weighted by atomic mass is 9.87. The van der Waals surface area contributed by atoms with Gasteiger partial charge in [-0.1, -0.05) is 32.1 Å². The van der Waals surface area contributed by atoms with Gasteiger partial charge in [0.15, 0.2) is 0 Å². The van der Waals surface area contributed by atoms with Crippen LogP contribution in [0.3, 0.4) is 0 Å². The van der Waals surface area contributed by atoms with E-state index in [0.29, 0.717) is 43.4 Å². The summed E-state index contributed by atoms with van der Waals surface area (Å²) in [4.78, 5) is 28.6. The van der Waals surface area contributed by atoms with Crippen molar-refractivity contribution in [3.63, 3.8) is 0 Å². The summed E-state index contributed by atoms with van der Waals surface area (Å²) in [5.74, 6) is 0.543. The predicted molar refractivity (Wildman–Crippen MR) is 115 cm³/mol. The largest absolute Gasteiger partial charge is 0.449 e. The summed E-state index contributed by atoms with van der Waals surface area (Å²) in [6, 6.07) is 6.18. The Morgan fingerprint density at radius 2 is 1.80 bits per heavy atom. The van der Waals surface area contributed by atoms with Crippen LogP contribution in [0.25, 0.3) is 0 Å². The third kappa shape index (κ3) is 6.10. The van der Waals surface area contributed by atoms with Crippen LogP contribution in [0.2, 0.25) is 0 Å². The first-order valence-corrected chi connectivity index (χ1v) is 11.9. The van der Waals surface area contributed by atoms with Gasteiger partial charge in [0, 0.05) is 36.9 Å². The van der Waals surface area contributed by atoms with E-state index in [1.807, 2.05) is 6.92 Å². The molecule has 0 bridgehead atoms. The zero-order valence-corrected chi connectivity index (χ0v) is 18.3. The van der Waals surface area contributed by atoms with Gasteiger partial charge in [-0.05, 0) is 43.5 Å². The van der Waals surface area contributed by atoms with Gasteiger partial charge in [-0.25, -0.2) is 13.2 Å². The lowest BCUT2D eigenvalue weighted by Crippen LogP contribution is -2.55. The van der Waals surface area contributed by atoms with Gasteiger partial charge in [-0.2, -0.15) is 0 Å². The molecule has 1 N–H and O–H groups in total. The van der Waals surface area contributed by atoms with Crippen molar-refractivity contribution >= 4 is 28.6 Å². The van der Waals surface area contributed by atoms with Crippen molar-refractivity contribution < 1.29 is 22.7 Å². The minimum atomic E-state index is -2.74. The van der Waals surface area contributed by atoms with Crippen molar-refractivity contribution in [3.05, 3.63) is 29.8 Å². The number of amides is 2. The van der Waals surface area contributed by atoms with Crippen LogP contribution in [0.5, 0.6) is 0 Å². The molecule has 8 nitrogen and oxygen atoms in total. The topological polar surface area (TPSA) is 96.0 Å². The Bertz CT molecular complexity index is 797. The molecule has 2 fully saturated rings. The monoisotopic (exact) mass is 437 g/mol. The quantitative estimate of drug-likeness (QED) is 0.667. The van der Waals surface area contributed by atoms with E-state index in [2.05, 4.69) is 4.72 Å². The molecule has 3 rings (SSSR count). The van der Waals surface area contributed by atoms with Crippen LogP contribution in [0.15, 0.2) is 24.3 Å². The van der Waals surface area contributed by atoms with E-state index in [0.717, 1.165) is 6.42 Å². The summed E-state index contributed by atoms with van der Waals surface area (Å²) in [7, 11) is -2.74. The van der Waals surface area contributed by atoms with Crippen molar-refractivity contribution in [1.82, 2.24) is 9.80 Å². The molecular formula is C21H31N3O5S. The molecule has 1 atom stereocenters. The van der Waals surface area contributed by atoms with Crippen LogP contribution in [-0.2, 0) is 15.6 Å². The van der Waals surface area contributed by atoms with Crippen molar-refractivity contribution in [2.45, 2.75) is 51.5 Å². The zero-order valence-electron chi connectivity index (χ0n) is 17.4. The molecule has 0 aromatic heterocycles. The molecule has 2 aliphatic rings. The van der Waals surface area contributed by atoms with Crippen LogP contribution in [0.4, 0.5) is 10.5 Å². The Kier molecular flexibility index (Phi) is 7.95. The molecule has 1 heterocycles. The Morgan fingerprint density at radius 1 is 1.10 bits per heavy atom. The van der Waals surface area contributed by atoms with Gasteiger partial charge in [0.2, 0.25) is 10.9 Å². The van der Waals surface area contributed by atoms with Crippen molar-refractivity contribution in [2.75, 3.05) is 31.0 Å². The summed E-state index contributed by atoms with van der Waals surface area (Å²) >= 11 is 0. The number of nitrogens with zero attached hydrogens (tertiary/aromatic N) is 2. The molecule has 2 amide bonds. The van der Waals surface area contributed by atoms with Crippen molar-refractivity contribution in [3.8, 4) is 0 Å². The van der Waals surface area contributed by atoms with Gasteiger partial charge >= 0.3 is 6.09 Å². The predicted octanol–water partition coefficient (Wildman–Crippen LogP) is 2.88. The highest BCUT2D eigenvalue weighted by Crippen LogP contribution is 2.26. The van der Waals surface area contributed by atoms with E-state index in [9.17, 15) is 18.0 Å². The molecule has 1 aromatic carbocycles. The molecular weight excluding hydrogens is 406 g/mol. The molecule has 1 saturated heterocycles. The van der Waals surface area contributed by atoms with Crippen LogP contribution in [-0.4, -0.2) is 62.5 Å². The van der Waals surface area contributed by atoms with Crippen LogP contribution < -0.4 is 4.72 Å². The minimum Gasteiger partial charge on any atom is -0.449 e. The third-order valence-corrected chi connectivity index (χ3v) is 6.42. The number of carbonyl (C=O) groups is 2. The summed E-state index contributed by atoms with van der Waals surface area (Å²) in [5, 5.41) is 0. The smallest absolute Gasteiger partial charge is 0.409 e. The summed E-state index contributed by atoms with van der Waals surface area (Å²) < 4.78 is 29.2. The van der Waals surface area contributed by atoms with Gasteiger partial charge in [-0.15, -0.1) is 0 Å². The number of ether oxygens (including phenoxy) is 1. The number of carbonyl (C=O) groups excluding carboxylic acids is 2. The molecule has 1 aromatic rings. The molecule has 166 valence electrons. The SMILES string of the molecule is C[C@@H]1CN(C(=O)OCCC2CCCCC2)CCN1C(=O)c1ccc(N[SH](=O)=O)cc1. The fourth-order valence-corrected chi connectivity index (χ4v) is 4.62. The highest BCUT2D eigenvalue weighted by atomic mass is 32.2. The van der Waals surface area contributed by atoms with E-state index in [1.165, 1.54) is 32.1 Å². The molecule has 0 radical (unpaired) electrons. The maximum atomic E-state index is 12.8. The van der Waals surface area contributed by atoms with Gasteiger partial charge in [0.25, 0.3) is 5.91 Å². The number of nitrogens with one attached hydrogen (secondary N) is 1. The van der Waals surface area contributed by atoms with Gasteiger partial charge < -0.3 is 14.5 Å².